The zero-order valence-electron chi connectivity index (χ0n) is 7.47. The molecule has 1 aromatic carbocycles. The first-order valence-electron chi connectivity index (χ1n) is 4.13. The van der Waals surface area contributed by atoms with E-state index >= 15 is 0 Å². The molecular formula is C9H7F3O3. The highest BCUT2D eigenvalue weighted by atomic mass is 19.4. The van der Waals surface area contributed by atoms with Gasteiger partial charge >= 0.3 is 6.18 Å². The number of hydrogen-bond acceptors (Lipinski definition) is 3. The maximum Gasteiger partial charge on any atom is 0.416 e. The molecule has 1 heterocycles. The van der Waals surface area contributed by atoms with Gasteiger partial charge in [-0.1, -0.05) is 0 Å². The fraction of sp³-hybridized carbons (Fsp3) is 0.333. The van der Waals surface area contributed by atoms with Crippen LogP contribution >= 0.6 is 0 Å². The van der Waals surface area contributed by atoms with Crippen molar-refractivity contribution in [3.63, 3.8) is 0 Å². The van der Waals surface area contributed by atoms with Gasteiger partial charge in [-0.05, 0) is 12.1 Å². The van der Waals surface area contributed by atoms with Crippen molar-refractivity contribution in [2.24, 2.45) is 0 Å². The lowest BCUT2D eigenvalue weighted by atomic mass is 10.1. The Bertz CT molecular complexity index is 387. The van der Waals surface area contributed by atoms with Crippen LogP contribution in [0.15, 0.2) is 12.1 Å². The normalized spacial score (nSPS) is 14.4. The largest absolute Gasteiger partial charge is 0.454 e. The van der Waals surface area contributed by atoms with Crippen molar-refractivity contribution < 1.29 is 27.8 Å². The molecule has 0 aliphatic carbocycles. The number of aliphatic hydroxyl groups excluding tert-OH is 1. The number of hydrogen-bond donors (Lipinski definition) is 1. The molecule has 1 aliphatic rings. The molecule has 1 aliphatic heterocycles. The number of halogens is 3. The van der Waals surface area contributed by atoms with E-state index in [1.54, 1.807) is 0 Å². The molecule has 0 radical (unpaired) electrons. The van der Waals surface area contributed by atoms with Gasteiger partial charge in [0, 0.05) is 5.56 Å². The van der Waals surface area contributed by atoms with E-state index in [4.69, 9.17) is 14.6 Å². The fourth-order valence-corrected chi connectivity index (χ4v) is 1.45. The molecule has 0 aromatic heterocycles. The van der Waals surface area contributed by atoms with E-state index in [2.05, 4.69) is 0 Å². The lowest BCUT2D eigenvalue weighted by Crippen LogP contribution is -2.09. The number of fused-ring (bicyclic) bond motifs is 1. The van der Waals surface area contributed by atoms with Crippen molar-refractivity contribution in [2.45, 2.75) is 12.8 Å². The Balaban J connectivity index is 2.58. The zero-order valence-corrected chi connectivity index (χ0v) is 7.47. The highest BCUT2D eigenvalue weighted by Crippen LogP contribution is 2.42. The maximum atomic E-state index is 12.5. The molecule has 15 heavy (non-hydrogen) atoms. The van der Waals surface area contributed by atoms with Gasteiger partial charge in [-0.15, -0.1) is 0 Å². The summed E-state index contributed by atoms with van der Waals surface area (Å²) in [5, 5.41) is 8.91. The summed E-state index contributed by atoms with van der Waals surface area (Å²) in [6.07, 6.45) is -4.50. The number of benzene rings is 1. The summed E-state index contributed by atoms with van der Waals surface area (Å²) in [5.41, 5.74) is -1.17. The van der Waals surface area contributed by atoms with Gasteiger partial charge in [0.05, 0.1) is 12.2 Å². The standard InChI is InChI=1S/C9H7F3O3/c10-9(11,12)6-1-2-7-8(5(6)3-13)15-4-14-7/h1-2,13H,3-4H2. The highest BCUT2D eigenvalue weighted by molar-refractivity contribution is 5.52. The van der Waals surface area contributed by atoms with Gasteiger partial charge in [-0.25, -0.2) is 0 Å². The monoisotopic (exact) mass is 220 g/mol. The van der Waals surface area contributed by atoms with E-state index in [0.717, 1.165) is 6.07 Å². The highest BCUT2D eigenvalue weighted by Gasteiger charge is 2.36. The molecule has 0 atom stereocenters. The molecule has 0 bridgehead atoms. The van der Waals surface area contributed by atoms with Gasteiger partial charge in [0.15, 0.2) is 11.5 Å². The van der Waals surface area contributed by atoms with Crippen molar-refractivity contribution in [2.75, 3.05) is 6.79 Å². The van der Waals surface area contributed by atoms with Gasteiger partial charge in [0.25, 0.3) is 0 Å². The molecule has 6 heteroatoms. The van der Waals surface area contributed by atoms with Crippen LogP contribution in [0.2, 0.25) is 0 Å². The molecule has 1 aromatic rings. The summed E-state index contributed by atoms with van der Waals surface area (Å²) < 4.78 is 47.3. The van der Waals surface area contributed by atoms with Crippen LogP contribution in [0.3, 0.4) is 0 Å². The summed E-state index contributed by atoms with van der Waals surface area (Å²) in [6, 6.07) is 2.06. The second-order valence-corrected chi connectivity index (χ2v) is 2.98. The first-order chi connectivity index (χ1) is 7.04. The van der Waals surface area contributed by atoms with Crippen molar-refractivity contribution in [3.8, 4) is 11.5 Å². The molecular weight excluding hydrogens is 213 g/mol. The number of rotatable bonds is 1. The summed E-state index contributed by atoms with van der Waals surface area (Å²) in [6.45, 7) is -0.856. The van der Waals surface area contributed by atoms with Crippen molar-refractivity contribution in [1.82, 2.24) is 0 Å². The minimum absolute atomic E-state index is 0.0210. The van der Waals surface area contributed by atoms with Crippen LogP contribution in [0.25, 0.3) is 0 Å². The van der Waals surface area contributed by atoms with Gasteiger partial charge in [-0.2, -0.15) is 13.2 Å². The van der Waals surface area contributed by atoms with E-state index in [-0.39, 0.29) is 23.9 Å². The van der Waals surface area contributed by atoms with Crippen molar-refractivity contribution >= 4 is 0 Å². The molecule has 0 saturated carbocycles. The molecule has 0 saturated heterocycles. The summed E-state index contributed by atoms with van der Waals surface area (Å²) in [5.74, 6) is 0.208. The van der Waals surface area contributed by atoms with E-state index in [1.807, 2.05) is 0 Å². The first kappa shape index (κ1) is 10.1. The third-order valence-corrected chi connectivity index (χ3v) is 2.11. The third-order valence-electron chi connectivity index (χ3n) is 2.11. The second kappa shape index (κ2) is 3.30. The van der Waals surface area contributed by atoms with Crippen LogP contribution in [0, 0.1) is 0 Å². The molecule has 3 nitrogen and oxygen atoms in total. The van der Waals surface area contributed by atoms with Crippen LogP contribution in [0.4, 0.5) is 13.2 Å². The van der Waals surface area contributed by atoms with E-state index < -0.39 is 18.3 Å². The summed E-state index contributed by atoms with van der Waals surface area (Å²) >= 11 is 0. The molecule has 2 rings (SSSR count). The first-order valence-corrected chi connectivity index (χ1v) is 4.13. The van der Waals surface area contributed by atoms with Crippen LogP contribution < -0.4 is 9.47 Å². The minimum atomic E-state index is -4.50. The average Bonchev–Trinajstić information content (AvgIpc) is 2.61. The fourth-order valence-electron chi connectivity index (χ4n) is 1.45. The second-order valence-electron chi connectivity index (χ2n) is 2.98. The van der Waals surface area contributed by atoms with Crippen molar-refractivity contribution in [3.05, 3.63) is 23.3 Å². The lowest BCUT2D eigenvalue weighted by molar-refractivity contribution is -0.138. The van der Waals surface area contributed by atoms with E-state index in [9.17, 15) is 13.2 Å². The summed E-state index contributed by atoms with van der Waals surface area (Å²) in [4.78, 5) is 0. The molecule has 0 spiro atoms. The van der Waals surface area contributed by atoms with Gasteiger partial charge < -0.3 is 14.6 Å². The number of alkyl halides is 3. The number of ether oxygens (including phenoxy) is 2. The van der Waals surface area contributed by atoms with Crippen LogP contribution in [-0.2, 0) is 12.8 Å². The molecule has 1 N–H and O–H groups in total. The Hall–Kier alpha value is -1.43. The summed E-state index contributed by atoms with van der Waals surface area (Å²) in [7, 11) is 0. The smallest absolute Gasteiger partial charge is 0.416 e. The Morgan fingerprint density at radius 1 is 1.27 bits per heavy atom. The Morgan fingerprint density at radius 3 is 2.60 bits per heavy atom. The maximum absolute atomic E-state index is 12.5. The topological polar surface area (TPSA) is 38.7 Å². The lowest BCUT2D eigenvalue weighted by Gasteiger charge is -2.12. The van der Waals surface area contributed by atoms with Gasteiger partial charge in [0.1, 0.15) is 0 Å². The zero-order chi connectivity index (χ0) is 11.1. The molecule has 82 valence electrons. The minimum Gasteiger partial charge on any atom is -0.454 e. The van der Waals surface area contributed by atoms with E-state index in [0.29, 0.717) is 0 Å². The molecule has 0 unspecified atom stereocenters. The van der Waals surface area contributed by atoms with Gasteiger partial charge in [-0.3, -0.25) is 0 Å². The average molecular weight is 220 g/mol. The Labute approximate surface area is 83.0 Å². The Kier molecular flexibility index (Phi) is 2.22. The van der Waals surface area contributed by atoms with E-state index in [1.165, 1.54) is 6.07 Å². The molecule has 0 amide bonds. The SMILES string of the molecule is OCc1c(C(F)(F)F)ccc2c1OCO2. The quantitative estimate of drug-likeness (QED) is 0.785. The number of aliphatic hydroxyl groups is 1. The van der Waals surface area contributed by atoms with Crippen LogP contribution in [0.5, 0.6) is 11.5 Å². The van der Waals surface area contributed by atoms with Crippen molar-refractivity contribution in [1.29, 1.82) is 0 Å². The molecule has 0 fully saturated rings. The van der Waals surface area contributed by atoms with Crippen LogP contribution in [0.1, 0.15) is 11.1 Å². The van der Waals surface area contributed by atoms with Gasteiger partial charge in [0.2, 0.25) is 6.79 Å². The van der Waals surface area contributed by atoms with Crippen LogP contribution in [-0.4, -0.2) is 11.9 Å². The Morgan fingerprint density at radius 2 is 2.00 bits per heavy atom. The predicted octanol–water partition coefficient (Wildman–Crippen LogP) is 1.93. The predicted molar refractivity (Wildman–Crippen MR) is 43.5 cm³/mol. The third kappa shape index (κ3) is 1.61.